The van der Waals surface area contributed by atoms with Gasteiger partial charge in [0.1, 0.15) is 6.04 Å². The molecular formula is C9H16N2O3S. The fourth-order valence-corrected chi connectivity index (χ4v) is 1.93. The first-order valence-electron chi connectivity index (χ1n) is 4.93. The lowest BCUT2D eigenvalue weighted by Crippen LogP contribution is -2.46. The molecule has 0 radical (unpaired) electrons. The Balaban J connectivity index is 2.40. The minimum absolute atomic E-state index is 0.256. The Morgan fingerprint density at radius 2 is 2.33 bits per heavy atom. The van der Waals surface area contributed by atoms with Crippen LogP contribution in [0.15, 0.2) is 0 Å². The third kappa shape index (κ3) is 3.30. The Morgan fingerprint density at radius 3 is 2.93 bits per heavy atom. The van der Waals surface area contributed by atoms with Crippen LogP contribution in [-0.4, -0.2) is 53.1 Å². The van der Waals surface area contributed by atoms with Crippen molar-refractivity contribution in [3.8, 4) is 0 Å². The molecule has 0 saturated carbocycles. The van der Waals surface area contributed by atoms with Crippen molar-refractivity contribution in [1.29, 1.82) is 0 Å². The van der Waals surface area contributed by atoms with E-state index in [1.807, 2.05) is 6.26 Å². The second kappa shape index (κ2) is 5.85. The summed E-state index contributed by atoms with van der Waals surface area (Å²) in [6.07, 6.45) is 3.29. The van der Waals surface area contributed by atoms with Crippen LogP contribution in [0, 0.1) is 0 Å². The number of amides is 2. The maximum atomic E-state index is 11.6. The van der Waals surface area contributed by atoms with Gasteiger partial charge in [-0.05, 0) is 19.1 Å². The smallest absolute Gasteiger partial charge is 0.326 e. The van der Waals surface area contributed by atoms with Crippen LogP contribution in [0.2, 0.25) is 0 Å². The van der Waals surface area contributed by atoms with Gasteiger partial charge in [0.2, 0.25) is 0 Å². The minimum Gasteiger partial charge on any atom is -0.480 e. The van der Waals surface area contributed by atoms with Crippen LogP contribution in [0.5, 0.6) is 0 Å². The molecule has 1 aliphatic heterocycles. The van der Waals surface area contributed by atoms with Gasteiger partial charge in [-0.25, -0.2) is 9.59 Å². The molecular weight excluding hydrogens is 216 g/mol. The maximum Gasteiger partial charge on any atom is 0.326 e. The van der Waals surface area contributed by atoms with E-state index < -0.39 is 12.0 Å². The highest BCUT2D eigenvalue weighted by molar-refractivity contribution is 7.98. The summed E-state index contributed by atoms with van der Waals surface area (Å²) in [5, 5.41) is 11.6. The lowest BCUT2D eigenvalue weighted by Gasteiger charge is -2.21. The van der Waals surface area contributed by atoms with Gasteiger partial charge < -0.3 is 15.3 Å². The molecule has 1 atom stereocenters. The largest absolute Gasteiger partial charge is 0.480 e. The first-order valence-corrected chi connectivity index (χ1v) is 6.32. The molecule has 1 rings (SSSR count). The predicted octanol–water partition coefficient (Wildman–Crippen LogP) is 0.608. The fourth-order valence-electron chi connectivity index (χ4n) is 1.63. The number of carboxylic acids is 1. The number of likely N-dealkylation sites (tertiary alicyclic amines) is 1. The average Bonchev–Trinajstić information content (AvgIpc) is 2.66. The Bertz CT molecular complexity index is 248. The first-order chi connectivity index (χ1) is 7.16. The molecule has 1 saturated heterocycles. The zero-order chi connectivity index (χ0) is 11.3. The molecule has 1 aliphatic rings. The number of hydrogen-bond acceptors (Lipinski definition) is 3. The van der Waals surface area contributed by atoms with Crippen molar-refractivity contribution in [2.45, 2.75) is 18.9 Å². The zero-order valence-corrected chi connectivity index (χ0v) is 9.55. The summed E-state index contributed by atoms with van der Waals surface area (Å²) in [7, 11) is 0. The van der Waals surface area contributed by atoms with Crippen molar-refractivity contribution in [2.24, 2.45) is 0 Å². The number of nitrogens with one attached hydrogen (secondary N) is 1. The maximum absolute atomic E-state index is 11.6. The summed E-state index contributed by atoms with van der Waals surface area (Å²) in [5.41, 5.74) is 0. The summed E-state index contributed by atoms with van der Waals surface area (Å²) in [5.74, 6) is -0.0651. The quantitative estimate of drug-likeness (QED) is 0.697. The Morgan fingerprint density at radius 1 is 1.60 bits per heavy atom. The van der Waals surface area contributed by atoms with Gasteiger partial charge in [0.15, 0.2) is 0 Å². The van der Waals surface area contributed by atoms with Crippen LogP contribution in [0.25, 0.3) is 0 Å². The minimum atomic E-state index is -0.910. The number of urea groups is 1. The molecule has 2 N–H and O–H groups in total. The molecule has 2 amide bonds. The molecule has 5 nitrogen and oxygen atoms in total. The average molecular weight is 232 g/mol. The van der Waals surface area contributed by atoms with E-state index in [1.54, 1.807) is 11.8 Å². The van der Waals surface area contributed by atoms with Crippen LogP contribution in [-0.2, 0) is 4.79 Å². The monoisotopic (exact) mass is 232 g/mol. The number of aliphatic carboxylic acids is 1. The zero-order valence-electron chi connectivity index (χ0n) is 8.73. The third-order valence-electron chi connectivity index (χ3n) is 2.38. The van der Waals surface area contributed by atoms with E-state index in [-0.39, 0.29) is 6.03 Å². The van der Waals surface area contributed by atoms with Gasteiger partial charge in [0, 0.05) is 18.8 Å². The molecule has 0 spiro atoms. The van der Waals surface area contributed by atoms with E-state index in [1.165, 1.54) is 4.90 Å². The number of thioether (sulfide) groups is 1. The standard InChI is InChI=1S/C9H16N2O3S/c1-15-6-4-10-9(14)11-5-2-3-7(11)8(12)13/h7H,2-6H2,1H3,(H,10,14)(H,12,13)/t7-/m0/s1. The normalized spacial score (nSPS) is 20.3. The van der Waals surface area contributed by atoms with Crippen molar-refractivity contribution in [2.75, 3.05) is 25.1 Å². The molecule has 1 heterocycles. The van der Waals surface area contributed by atoms with Gasteiger partial charge in [0.05, 0.1) is 0 Å². The molecule has 86 valence electrons. The highest BCUT2D eigenvalue weighted by Gasteiger charge is 2.33. The van der Waals surface area contributed by atoms with Crippen LogP contribution in [0.4, 0.5) is 4.79 Å². The molecule has 15 heavy (non-hydrogen) atoms. The summed E-state index contributed by atoms with van der Waals surface area (Å²) in [6, 6.07) is -0.895. The van der Waals surface area contributed by atoms with Crippen LogP contribution in [0.1, 0.15) is 12.8 Å². The van der Waals surface area contributed by atoms with Crippen LogP contribution >= 0.6 is 11.8 Å². The molecule has 0 aromatic heterocycles. The molecule has 0 aromatic carbocycles. The van der Waals surface area contributed by atoms with Crippen molar-refractivity contribution < 1.29 is 14.7 Å². The van der Waals surface area contributed by atoms with Gasteiger partial charge in [-0.2, -0.15) is 11.8 Å². The van der Waals surface area contributed by atoms with Gasteiger partial charge in [-0.3, -0.25) is 0 Å². The van der Waals surface area contributed by atoms with Crippen molar-refractivity contribution in [3.05, 3.63) is 0 Å². The lowest BCUT2D eigenvalue weighted by atomic mass is 10.2. The number of hydrogen-bond donors (Lipinski definition) is 2. The third-order valence-corrected chi connectivity index (χ3v) is 2.99. The molecule has 0 aliphatic carbocycles. The van der Waals surface area contributed by atoms with E-state index >= 15 is 0 Å². The number of nitrogens with zero attached hydrogens (tertiary/aromatic N) is 1. The summed E-state index contributed by atoms with van der Waals surface area (Å²) in [4.78, 5) is 23.8. The van der Waals surface area contributed by atoms with Crippen molar-refractivity contribution in [1.82, 2.24) is 10.2 Å². The lowest BCUT2D eigenvalue weighted by molar-refractivity contribution is -0.141. The Hall–Kier alpha value is -0.910. The predicted molar refractivity (Wildman–Crippen MR) is 59.1 cm³/mol. The summed E-state index contributed by atoms with van der Waals surface area (Å²) in [6.45, 7) is 1.13. The number of carbonyl (C=O) groups is 2. The van der Waals surface area contributed by atoms with E-state index in [9.17, 15) is 9.59 Å². The Kier molecular flexibility index (Phi) is 4.74. The summed E-state index contributed by atoms with van der Waals surface area (Å²) >= 11 is 1.64. The van der Waals surface area contributed by atoms with Gasteiger partial charge >= 0.3 is 12.0 Å². The Labute approximate surface area is 93.2 Å². The highest BCUT2D eigenvalue weighted by atomic mass is 32.2. The molecule has 0 unspecified atom stereocenters. The first kappa shape index (κ1) is 12.2. The molecule has 1 fully saturated rings. The van der Waals surface area contributed by atoms with Gasteiger partial charge in [-0.15, -0.1) is 0 Å². The van der Waals surface area contributed by atoms with Crippen LogP contribution < -0.4 is 5.32 Å². The fraction of sp³-hybridized carbons (Fsp3) is 0.778. The van der Waals surface area contributed by atoms with Gasteiger partial charge in [0.25, 0.3) is 0 Å². The number of rotatable bonds is 4. The molecule has 0 bridgehead atoms. The topological polar surface area (TPSA) is 69.6 Å². The highest BCUT2D eigenvalue weighted by Crippen LogP contribution is 2.17. The van der Waals surface area contributed by atoms with Crippen molar-refractivity contribution >= 4 is 23.8 Å². The number of carbonyl (C=O) groups excluding carboxylic acids is 1. The van der Waals surface area contributed by atoms with Gasteiger partial charge in [-0.1, -0.05) is 0 Å². The van der Waals surface area contributed by atoms with Crippen molar-refractivity contribution in [3.63, 3.8) is 0 Å². The molecule has 0 aromatic rings. The molecule has 6 heteroatoms. The second-order valence-corrected chi connectivity index (χ2v) is 4.40. The second-order valence-electron chi connectivity index (χ2n) is 3.41. The van der Waals surface area contributed by atoms with E-state index in [4.69, 9.17) is 5.11 Å². The van der Waals surface area contributed by atoms with E-state index in [0.717, 1.165) is 12.2 Å². The van der Waals surface area contributed by atoms with E-state index in [0.29, 0.717) is 19.5 Å². The van der Waals surface area contributed by atoms with Crippen LogP contribution in [0.3, 0.4) is 0 Å². The summed E-state index contributed by atoms with van der Waals surface area (Å²) < 4.78 is 0. The SMILES string of the molecule is CSCCNC(=O)N1CCC[C@H]1C(=O)O. The number of carboxylic acid groups (broad SMARTS) is 1. The van der Waals surface area contributed by atoms with E-state index in [2.05, 4.69) is 5.32 Å².